The minimum absolute atomic E-state index is 0.153. The molecule has 0 fully saturated rings. The first kappa shape index (κ1) is 11.3. The summed E-state index contributed by atoms with van der Waals surface area (Å²) in [6, 6.07) is 5.74. The molecule has 0 saturated heterocycles. The highest BCUT2D eigenvalue weighted by atomic mass is 16.1. The van der Waals surface area contributed by atoms with Crippen molar-refractivity contribution in [3.63, 3.8) is 0 Å². The lowest BCUT2D eigenvalue weighted by molar-refractivity contribution is 0.0949. The number of imidazole rings is 1. The van der Waals surface area contributed by atoms with Gasteiger partial charge < -0.3 is 10.3 Å². The van der Waals surface area contributed by atoms with Crippen molar-refractivity contribution in [2.75, 3.05) is 6.54 Å². The molecular weight excluding hydrogens is 216 g/mol. The highest BCUT2D eigenvalue weighted by molar-refractivity contribution is 5.93. The highest BCUT2D eigenvalue weighted by Crippen LogP contribution is 2.00. The van der Waals surface area contributed by atoms with Gasteiger partial charge in [-0.3, -0.25) is 9.78 Å². The van der Waals surface area contributed by atoms with Crippen LogP contribution >= 0.6 is 0 Å². The van der Waals surface area contributed by atoms with Gasteiger partial charge in [0.1, 0.15) is 5.69 Å². The molecule has 2 N–H and O–H groups in total. The number of aromatic nitrogens is 3. The number of hydrogen-bond donors (Lipinski definition) is 2. The van der Waals surface area contributed by atoms with E-state index in [9.17, 15) is 4.79 Å². The normalized spacial score (nSPS) is 10.2. The van der Waals surface area contributed by atoms with Crippen LogP contribution in [-0.4, -0.2) is 27.4 Å². The Hall–Kier alpha value is -2.17. The van der Waals surface area contributed by atoms with Gasteiger partial charge in [-0.2, -0.15) is 0 Å². The molecule has 0 atom stereocenters. The van der Waals surface area contributed by atoms with Crippen molar-refractivity contribution < 1.29 is 4.79 Å². The smallest absolute Gasteiger partial charge is 0.271 e. The predicted octanol–water partition coefficient (Wildman–Crippen LogP) is 1.09. The van der Waals surface area contributed by atoms with Crippen molar-refractivity contribution in [3.8, 4) is 0 Å². The molecular formula is C12H14N4O. The number of aryl methyl sites for hydroxylation is 1. The van der Waals surface area contributed by atoms with E-state index >= 15 is 0 Å². The zero-order valence-electron chi connectivity index (χ0n) is 9.60. The Bertz CT molecular complexity index is 492. The SMILES string of the molecule is Cc1[nH]cnc1C(=O)NCCc1ccccn1. The quantitative estimate of drug-likeness (QED) is 0.825. The van der Waals surface area contributed by atoms with Gasteiger partial charge in [-0.05, 0) is 19.1 Å². The molecule has 0 spiro atoms. The van der Waals surface area contributed by atoms with Crippen molar-refractivity contribution in [1.82, 2.24) is 20.3 Å². The Balaban J connectivity index is 1.84. The number of hydrogen-bond acceptors (Lipinski definition) is 3. The van der Waals surface area contributed by atoms with Crippen LogP contribution in [-0.2, 0) is 6.42 Å². The fourth-order valence-electron chi connectivity index (χ4n) is 1.52. The molecule has 0 aromatic carbocycles. The number of rotatable bonds is 4. The van der Waals surface area contributed by atoms with E-state index in [1.54, 1.807) is 6.20 Å². The molecule has 0 unspecified atom stereocenters. The van der Waals surface area contributed by atoms with Crippen molar-refractivity contribution >= 4 is 5.91 Å². The molecule has 0 aliphatic rings. The summed E-state index contributed by atoms with van der Waals surface area (Å²) in [5.74, 6) is -0.153. The Kier molecular flexibility index (Phi) is 3.49. The molecule has 1 amide bonds. The summed E-state index contributed by atoms with van der Waals surface area (Å²) in [4.78, 5) is 22.7. The third kappa shape index (κ3) is 2.90. The molecule has 2 aromatic heterocycles. The summed E-state index contributed by atoms with van der Waals surface area (Å²) < 4.78 is 0. The van der Waals surface area contributed by atoms with Gasteiger partial charge in [0.15, 0.2) is 0 Å². The number of carbonyl (C=O) groups excluding carboxylic acids is 1. The molecule has 17 heavy (non-hydrogen) atoms. The van der Waals surface area contributed by atoms with Crippen molar-refractivity contribution in [3.05, 3.63) is 47.8 Å². The Morgan fingerprint density at radius 2 is 2.29 bits per heavy atom. The number of pyridine rings is 1. The van der Waals surface area contributed by atoms with Gasteiger partial charge in [-0.1, -0.05) is 6.07 Å². The molecule has 0 aliphatic carbocycles. The van der Waals surface area contributed by atoms with Gasteiger partial charge in [0.25, 0.3) is 5.91 Å². The van der Waals surface area contributed by atoms with Crippen LogP contribution in [0.15, 0.2) is 30.7 Å². The molecule has 2 rings (SSSR count). The van der Waals surface area contributed by atoms with Crippen LogP contribution in [0.25, 0.3) is 0 Å². The third-order valence-corrected chi connectivity index (χ3v) is 2.44. The van der Waals surface area contributed by atoms with Gasteiger partial charge in [0.2, 0.25) is 0 Å². The summed E-state index contributed by atoms with van der Waals surface area (Å²) in [5, 5.41) is 2.81. The van der Waals surface area contributed by atoms with E-state index in [2.05, 4.69) is 20.3 Å². The second-order valence-corrected chi connectivity index (χ2v) is 3.70. The summed E-state index contributed by atoms with van der Waals surface area (Å²) >= 11 is 0. The van der Waals surface area contributed by atoms with Crippen molar-refractivity contribution in [1.29, 1.82) is 0 Å². The lowest BCUT2D eigenvalue weighted by Gasteiger charge is -2.03. The van der Waals surface area contributed by atoms with Gasteiger partial charge in [0.05, 0.1) is 6.33 Å². The van der Waals surface area contributed by atoms with E-state index in [-0.39, 0.29) is 5.91 Å². The topological polar surface area (TPSA) is 70.7 Å². The van der Waals surface area contributed by atoms with E-state index in [1.807, 2.05) is 25.1 Å². The zero-order valence-corrected chi connectivity index (χ0v) is 9.60. The predicted molar refractivity (Wildman–Crippen MR) is 63.6 cm³/mol. The largest absolute Gasteiger partial charge is 0.350 e. The second kappa shape index (κ2) is 5.25. The third-order valence-electron chi connectivity index (χ3n) is 2.44. The first-order valence-electron chi connectivity index (χ1n) is 5.45. The Morgan fingerprint density at radius 1 is 1.41 bits per heavy atom. The lowest BCUT2D eigenvalue weighted by atomic mass is 10.2. The Morgan fingerprint density at radius 3 is 2.94 bits per heavy atom. The van der Waals surface area contributed by atoms with E-state index in [0.29, 0.717) is 12.2 Å². The van der Waals surface area contributed by atoms with Crippen LogP contribution in [0, 0.1) is 6.92 Å². The number of aromatic amines is 1. The number of carbonyl (C=O) groups is 1. The maximum Gasteiger partial charge on any atom is 0.271 e. The maximum absolute atomic E-state index is 11.7. The van der Waals surface area contributed by atoms with E-state index < -0.39 is 0 Å². The van der Waals surface area contributed by atoms with Crippen LogP contribution in [0.4, 0.5) is 0 Å². The summed E-state index contributed by atoms with van der Waals surface area (Å²) in [6.07, 6.45) is 3.98. The summed E-state index contributed by atoms with van der Waals surface area (Å²) in [7, 11) is 0. The van der Waals surface area contributed by atoms with E-state index in [4.69, 9.17) is 0 Å². The maximum atomic E-state index is 11.7. The molecule has 0 radical (unpaired) electrons. The number of amides is 1. The molecule has 5 heteroatoms. The van der Waals surface area contributed by atoms with Gasteiger partial charge >= 0.3 is 0 Å². The summed E-state index contributed by atoms with van der Waals surface area (Å²) in [6.45, 7) is 2.38. The Labute approximate surface area is 99.3 Å². The molecule has 0 bridgehead atoms. The minimum atomic E-state index is -0.153. The average molecular weight is 230 g/mol. The molecule has 0 saturated carbocycles. The molecule has 88 valence electrons. The molecule has 2 heterocycles. The van der Waals surface area contributed by atoms with Crippen molar-refractivity contribution in [2.45, 2.75) is 13.3 Å². The zero-order chi connectivity index (χ0) is 12.1. The summed E-state index contributed by atoms with van der Waals surface area (Å²) in [5.41, 5.74) is 2.19. The van der Waals surface area contributed by atoms with Crippen LogP contribution in [0.1, 0.15) is 21.9 Å². The number of nitrogens with one attached hydrogen (secondary N) is 2. The molecule has 2 aromatic rings. The van der Waals surface area contributed by atoms with E-state index in [0.717, 1.165) is 17.8 Å². The van der Waals surface area contributed by atoms with E-state index in [1.165, 1.54) is 6.33 Å². The number of H-pyrrole nitrogens is 1. The molecule has 5 nitrogen and oxygen atoms in total. The molecule has 0 aliphatic heterocycles. The van der Waals surface area contributed by atoms with Gasteiger partial charge in [-0.25, -0.2) is 4.98 Å². The monoisotopic (exact) mass is 230 g/mol. The fraction of sp³-hybridized carbons (Fsp3) is 0.250. The minimum Gasteiger partial charge on any atom is -0.350 e. The first-order valence-corrected chi connectivity index (χ1v) is 5.45. The number of nitrogens with zero attached hydrogens (tertiary/aromatic N) is 2. The van der Waals surface area contributed by atoms with Crippen LogP contribution in [0.5, 0.6) is 0 Å². The van der Waals surface area contributed by atoms with Crippen LogP contribution < -0.4 is 5.32 Å². The highest BCUT2D eigenvalue weighted by Gasteiger charge is 2.10. The average Bonchev–Trinajstić information content (AvgIpc) is 2.77. The second-order valence-electron chi connectivity index (χ2n) is 3.70. The van der Waals surface area contributed by atoms with Gasteiger partial charge in [0, 0.05) is 30.6 Å². The van der Waals surface area contributed by atoms with Crippen LogP contribution in [0.2, 0.25) is 0 Å². The first-order chi connectivity index (χ1) is 8.27. The van der Waals surface area contributed by atoms with Gasteiger partial charge in [-0.15, -0.1) is 0 Å². The standard InChI is InChI=1S/C12H14N4O/c1-9-11(16-8-15-9)12(17)14-7-5-10-4-2-3-6-13-10/h2-4,6,8H,5,7H2,1H3,(H,14,17)(H,15,16). The van der Waals surface area contributed by atoms with Crippen LogP contribution in [0.3, 0.4) is 0 Å². The van der Waals surface area contributed by atoms with Crippen molar-refractivity contribution in [2.24, 2.45) is 0 Å². The lowest BCUT2D eigenvalue weighted by Crippen LogP contribution is -2.26. The fourth-order valence-corrected chi connectivity index (χ4v) is 1.52.